The van der Waals surface area contributed by atoms with Crippen molar-refractivity contribution in [2.24, 2.45) is 16.9 Å². The molecule has 1 aliphatic carbocycles. The summed E-state index contributed by atoms with van der Waals surface area (Å²) in [5.74, 6) is 0.716. The van der Waals surface area contributed by atoms with E-state index < -0.39 is 0 Å². The molecule has 1 saturated heterocycles. The molecule has 4 heteroatoms. The molecular weight excluding hydrogens is 262 g/mol. The van der Waals surface area contributed by atoms with Crippen LogP contribution in [-0.4, -0.2) is 30.2 Å². The van der Waals surface area contributed by atoms with Crippen LogP contribution in [0.15, 0.2) is 47.1 Å². The Balaban J connectivity index is 1.54. The van der Waals surface area contributed by atoms with Gasteiger partial charge in [0.1, 0.15) is 0 Å². The van der Waals surface area contributed by atoms with Crippen LogP contribution in [0, 0.1) is 11.8 Å². The van der Waals surface area contributed by atoms with Gasteiger partial charge in [0.2, 0.25) is 5.91 Å². The second-order valence-corrected chi connectivity index (χ2v) is 6.05. The lowest BCUT2D eigenvalue weighted by molar-refractivity contribution is -0.136. The normalized spacial score (nSPS) is 30.6. The van der Waals surface area contributed by atoms with Gasteiger partial charge in [-0.05, 0) is 17.9 Å². The number of rotatable bonds is 2. The van der Waals surface area contributed by atoms with Crippen LogP contribution < -0.4 is 5.32 Å². The number of benzene rings is 1. The first-order valence-electron chi connectivity index (χ1n) is 7.64. The van der Waals surface area contributed by atoms with Gasteiger partial charge in [-0.1, -0.05) is 42.0 Å². The number of amides is 1. The minimum absolute atomic E-state index is 0.00793. The second-order valence-electron chi connectivity index (χ2n) is 6.05. The third-order valence-electron chi connectivity index (χ3n) is 4.76. The molecule has 0 radical (unpaired) electrons. The van der Waals surface area contributed by atoms with E-state index in [-0.39, 0.29) is 17.9 Å². The summed E-state index contributed by atoms with van der Waals surface area (Å²) >= 11 is 0. The second kappa shape index (κ2) is 5.11. The fraction of sp³-hybridized carbons (Fsp3) is 0.412. The summed E-state index contributed by atoms with van der Waals surface area (Å²) in [5.41, 5.74) is 2.57. The van der Waals surface area contributed by atoms with Crippen molar-refractivity contribution in [2.75, 3.05) is 13.1 Å². The number of nitrogens with one attached hydrogen (secondary N) is 1. The number of hydrogen-bond acceptors (Lipinski definition) is 3. The van der Waals surface area contributed by atoms with Crippen molar-refractivity contribution in [1.29, 1.82) is 0 Å². The van der Waals surface area contributed by atoms with Crippen molar-refractivity contribution in [3.8, 4) is 0 Å². The van der Waals surface area contributed by atoms with Gasteiger partial charge in [0.05, 0.1) is 12.0 Å². The predicted octanol–water partition coefficient (Wildman–Crippen LogP) is 2.11. The molecule has 3 aliphatic rings. The van der Waals surface area contributed by atoms with Gasteiger partial charge < -0.3 is 5.32 Å². The maximum Gasteiger partial charge on any atom is 0.250 e. The largest absolute Gasteiger partial charge is 0.312 e. The Kier molecular flexibility index (Phi) is 3.11. The first-order valence-corrected chi connectivity index (χ1v) is 7.64. The summed E-state index contributed by atoms with van der Waals surface area (Å²) in [5, 5.41) is 9.41. The summed E-state index contributed by atoms with van der Waals surface area (Å²) < 4.78 is 0. The molecule has 4 rings (SSSR count). The summed E-state index contributed by atoms with van der Waals surface area (Å²) in [7, 11) is 0. The molecule has 1 aromatic carbocycles. The van der Waals surface area contributed by atoms with Gasteiger partial charge in [-0.3, -0.25) is 4.79 Å². The molecule has 0 saturated carbocycles. The zero-order valence-corrected chi connectivity index (χ0v) is 11.9. The van der Waals surface area contributed by atoms with E-state index in [0.29, 0.717) is 5.92 Å². The lowest BCUT2D eigenvalue weighted by atomic mass is 9.99. The Morgan fingerprint density at radius 2 is 2.14 bits per heavy atom. The molecule has 2 aliphatic heterocycles. The fourth-order valence-corrected chi connectivity index (χ4v) is 3.65. The third-order valence-corrected chi connectivity index (χ3v) is 4.76. The molecule has 1 amide bonds. The molecule has 0 aromatic heterocycles. The predicted molar refractivity (Wildman–Crippen MR) is 81.7 cm³/mol. The Morgan fingerprint density at radius 1 is 1.29 bits per heavy atom. The number of carbonyl (C=O) groups is 1. The van der Waals surface area contributed by atoms with Crippen LogP contribution in [0.25, 0.3) is 0 Å². The average molecular weight is 281 g/mol. The summed E-state index contributed by atoms with van der Waals surface area (Å²) in [6.45, 7) is 1.96. The zero-order valence-electron chi connectivity index (χ0n) is 11.9. The number of carbonyl (C=O) groups excluding carboxylic acids is 1. The molecule has 0 unspecified atom stereocenters. The first-order chi connectivity index (χ1) is 10.3. The topological polar surface area (TPSA) is 44.7 Å². The van der Waals surface area contributed by atoms with Crippen LogP contribution in [0.4, 0.5) is 0 Å². The van der Waals surface area contributed by atoms with Crippen LogP contribution in [-0.2, 0) is 4.79 Å². The number of hydrogen-bond donors (Lipinski definition) is 1. The van der Waals surface area contributed by atoms with Crippen LogP contribution in [0.5, 0.6) is 0 Å². The van der Waals surface area contributed by atoms with Crippen molar-refractivity contribution >= 4 is 12.1 Å². The van der Waals surface area contributed by atoms with E-state index >= 15 is 0 Å². The van der Waals surface area contributed by atoms with Crippen molar-refractivity contribution < 1.29 is 4.79 Å². The van der Waals surface area contributed by atoms with Gasteiger partial charge in [-0.25, -0.2) is 5.01 Å². The molecule has 2 heterocycles. The fourth-order valence-electron chi connectivity index (χ4n) is 3.65. The highest BCUT2D eigenvalue weighted by molar-refractivity contribution is 5.84. The average Bonchev–Trinajstić information content (AvgIpc) is 3.22. The van der Waals surface area contributed by atoms with E-state index in [2.05, 4.69) is 28.6 Å². The number of nitrogens with zero attached hydrogens (tertiary/aromatic N) is 2. The Bertz CT molecular complexity index is 608. The van der Waals surface area contributed by atoms with Crippen molar-refractivity contribution in [3.05, 3.63) is 47.5 Å². The molecule has 1 aromatic rings. The van der Waals surface area contributed by atoms with E-state index in [4.69, 9.17) is 0 Å². The van der Waals surface area contributed by atoms with Crippen LogP contribution in [0.2, 0.25) is 0 Å². The van der Waals surface area contributed by atoms with Crippen LogP contribution in [0.1, 0.15) is 24.4 Å². The molecular formula is C17H19N3O. The quantitative estimate of drug-likeness (QED) is 0.844. The minimum Gasteiger partial charge on any atom is -0.312 e. The van der Waals surface area contributed by atoms with Crippen molar-refractivity contribution in [3.63, 3.8) is 0 Å². The molecule has 108 valence electrons. The molecule has 21 heavy (non-hydrogen) atoms. The SMILES string of the molecule is O=C([C@@H]1C=C2CNC[C@@H]2C1)N1N=CC[C@@H]1c1ccccc1. The molecule has 4 nitrogen and oxygen atoms in total. The van der Waals surface area contributed by atoms with E-state index in [1.54, 1.807) is 5.01 Å². The molecule has 3 atom stereocenters. The van der Waals surface area contributed by atoms with Crippen LogP contribution in [0.3, 0.4) is 0 Å². The van der Waals surface area contributed by atoms with E-state index in [1.807, 2.05) is 24.4 Å². The monoisotopic (exact) mass is 281 g/mol. The minimum atomic E-state index is 0.00793. The number of hydrazone groups is 1. The van der Waals surface area contributed by atoms with Gasteiger partial charge in [0.15, 0.2) is 0 Å². The van der Waals surface area contributed by atoms with Crippen molar-refractivity contribution in [1.82, 2.24) is 10.3 Å². The summed E-state index contributed by atoms with van der Waals surface area (Å²) in [6, 6.07) is 10.3. The molecule has 0 spiro atoms. The Hall–Kier alpha value is -1.94. The maximum absolute atomic E-state index is 12.8. The Morgan fingerprint density at radius 3 is 2.95 bits per heavy atom. The highest BCUT2D eigenvalue weighted by Crippen LogP contribution is 2.37. The van der Waals surface area contributed by atoms with Crippen molar-refractivity contribution in [2.45, 2.75) is 18.9 Å². The van der Waals surface area contributed by atoms with E-state index in [1.165, 1.54) is 5.57 Å². The third kappa shape index (κ3) is 2.20. The van der Waals surface area contributed by atoms with E-state index in [9.17, 15) is 4.79 Å². The maximum atomic E-state index is 12.8. The van der Waals surface area contributed by atoms with Gasteiger partial charge in [-0.2, -0.15) is 5.10 Å². The van der Waals surface area contributed by atoms with Gasteiger partial charge in [0, 0.05) is 25.7 Å². The Labute approximate surface area is 124 Å². The molecule has 0 bridgehead atoms. The smallest absolute Gasteiger partial charge is 0.250 e. The molecule has 1 N–H and O–H groups in total. The highest BCUT2D eigenvalue weighted by atomic mass is 16.2. The summed E-state index contributed by atoms with van der Waals surface area (Å²) in [6.07, 6.45) is 5.78. The zero-order chi connectivity index (χ0) is 14.2. The van der Waals surface area contributed by atoms with Gasteiger partial charge in [0.25, 0.3) is 0 Å². The van der Waals surface area contributed by atoms with Crippen LogP contribution >= 0.6 is 0 Å². The van der Waals surface area contributed by atoms with Gasteiger partial charge in [-0.15, -0.1) is 0 Å². The van der Waals surface area contributed by atoms with E-state index in [0.717, 1.165) is 31.5 Å². The number of fused-ring (bicyclic) bond motifs is 1. The lowest BCUT2D eigenvalue weighted by Gasteiger charge is -2.24. The standard InChI is InChI=1S/C17H19N3O/c21-17(13-8-14-10-18-11-15(14)9-13)20-16(6-7-19-20)12-4-2-1-3-5-12/h1-5,7-8,13,15-16,18H,6,9-11H2/t13-,15+,16-/m1/s1. The lowest BCUT2D eigenvalue weighted by Crippen LogP contribution is -2.32. The first kappa shape index (κ1) is 12.8. The summed E-state index contributed by atoms with van der Waals surface area (Å²) in [4.78, 5) is 12.8. The van der Waals surface area contributed by atoms with Gasteiger partial charge >= 0.3 is 0 Å². The highest BCUT2D eigenvalue weighted by Gasteiger charge is 2.38. The molecule has 1 fully saturated rings.